The number of hydrogen-bond donors (Lipinski definition) is 1. The molecular weight excluding hydrogens is 236 g/mol. The molecule has 0 atom stereocenters. The highest BCUT2D eigenvalue weighted by Crippen LogP contribution is 2.23. The SMILES string of the molecule is Cc1cnc2c(c1)nc(N)n2-c1ccc(C)c(C)c1. The first-order valence-corrected chi connectivity index (χ1v) is 6.24. The van der Waals surface area contributed by atoms with E-state index in [1.54, 1.807) is 0 Å². The van der Waals surface area contributed by atoms with Crippen LogP contribution in [-0.2, 0) is 0 Å². The first-order chi connectivity index (χ1) is 9.06. The number of hydrogen-bond acceptors (Lipinski definition) is 3. The van der Waals surface area contributed by atoms with Gasteiger partial charge in [-0.2, -0.15) is 0 Å². The topological polar surface area (TPSA) is 56.7 Å². The van der Waals surface area contributed by atoms with Gasteiger partial charge in [0.15, 0.2) is 5.65 Å². The predicted molar refractivity (Wildman–Crippen MR) is 77.5 cm³/mol. The fraction of sp³-hybridized carbons (Fsp3) is 0.200. The van der Waals surface area contributed by atoms with E-state index in [1.807, 2.05) is 29.8 Å². The minimum atomic E-state index is 0.469. The smallest absolute Gasteiger partial charge is 0.207 e. The molecule has 4 heteroatoms. The lowest BCUT2D eigenvalue weighted by Gasteiger charge is -2.08. The van der Waals surface area contributed by atoms with E-state index in [9.17, 15) is 0 Å². The fourth-order valence-corrected chi connectivity index (χ4v) is 2.20. The summed E-state index contributed by atoms with van der Waals surface area (Å²) in [6.07, 6.45) is 1.83. The molecular formula is C15H16N4. The minimum absolute atomic E-state index is 0.469. The van der Waals surface area contributed by atoms with Gasteiger partial charge in [0.25, 0.3) is 0 Å². The Hall–Kier alpha value is -2.36. The Morgan fingerprint density at radius 2 is 1.84 bits per heavy atom. The molecule has 0 amide bonds. The van der Waals surface area contributed by atoms with Gasteiger partial charge in [0.1, 0.15) is 5.52 Å². The number of aryl methyl sites for hydroxylation is 3. The van der Waals surface area contributed by atoms with E-state index in [-0.39, 0.29) is 0 Å². The maximum Gasteiger partial charge on any atom is 0.207 e. The molecule has 0 aliphatic carbocycles. The van der Waals surface area contributed by atoms with Gasteiger partial charge in [-0.25, -0.2) is 9.97 Å². The molecule has 3 rings (SSSR count). The van der Waals surface area contributed by atoms with Crippen molar-refractivity contribution >= 4 is 17.1 Å². The molecule has 2 N–H and O–H groups in total. The highest BCUT2D eigenvalue weighted by molar-refractivity contribution is 5.77. The fourth-order valence-electron chi connectivity index (χ4n) is 2.20. The van der Waals surface area contributed by atoms with Crippen LogP contribution in [0.15, 0.2) is 30.5 Å². The number of nitrogen functional groups attached to an aromatic ring is 1. The third kappa shape index (κ3) is 1.85. The molecule has 2 aromatic heterocycles. The van der Waals surface area contributed by atoms with E-state index in [0.29, 0.717) is 5.95 Å². The molecule has 0 radical (unpaired) electrons. The summed E-state index contributed by atoms with van der Waals surface area (Å²) in [5.41, 5.74) is 12.2. The van der Waals surface area contributed by atoms with Crippen LogP contribution >= 0.6 is 0 Å². The van der Waals surface area contributed by atoms with Crippen molar-refractivity contribution in [1.82, 2.24) is 14.5 Å². The van der Waals surface area contributed by atoms with Gasteiger partial charge in [0.05, 0.1) is 5.69 Å². The van der Waals surface area contributed by atoms with Crippen LogP contribution < -0.4 is 5.73 Å². The summed E-state index contributed by atoms with van der Waals surface area (Å²) < 4.78 is 1.89. The number of rotatable bonds is 1. The number of nitrogens with two attached hydrogens (primary N) is 1. The van der Waals surface area contributed by atoms with Crippen LogP contribution in [0.4, 0.5) is 5.95 Å². The van der Waals surface area contributed by atoms with Crippen molar-refractivity contribution in [3.8, 4) is 5.69 Å². The van der Waals surface area contributed by atoms with Crippen molar-refractivity contribution in [3.05, 3.63) is 47.2 Å². The van der Waals surface area contributed by atoms with Crippen molar-refractivity contribution < 1.29 is 0 Å². The quantitative estimate of drug-likeness (QED) is 0.724. The lowest BCUT2D eigenvalue weighted by Crippen LogP contribution is -2.02. The first kappa shape index (κ1) is 11.7. The van der Waals surface area contributed by atoms with Gasteiger partial charge in [-0.05, 0) is 55.7 Å². The zero-order valence-electron chi connectivity index (χ0n) is 11.3. The third-order valence-electron chi connectivity index (χ3n) is 3.41. The Labute approximate surface area is 111 Å². The summed E-state index contributed by atoms with van der Waals surface area (Å²) in [5, 5.41) is 0. The van der Waals surface area contributed by atoms with Crippen LogP contribution in [0, 0.1) is 20.8 Å². The number of nitrogens with zero attached hydrogens (tertiary/aromatic N) is 3. The molecule has 96 valence electrons. The Balaban J connectivity index is 2.29. The van der Waals surface area contributed by atoms with E-state index in [0.717, 1.165) is 22.4 Å². The van der Waals surface area contributed by atoms with E-state index < -0.39 is 0 Å². The molecule has 0 saturated heterocycles. The standard InChI is InChI=1S/C15H16N4/c1-9-6-13-14(17-8-9)19(15(16)18-13)12-5-4-10(2)11(3)7-12/h4-8H,1-3H3,(H2,16,18). The number of imidazole rings is 1. The highest BCUT2D eigenvalue weighted by atomic mass is 15.2. The molecule has 4 nitrogen and oxygen atoms in total. The summed E-state index contributed by atoms with van der Waals surface area (Å²) in [5.74, 6) is 0.469. The number of anilines is 1. The molecule has 0 fully saturated rings. The predicted octanol–water partition coefficient (Wildman–Crippen LogP) is 2.93. The zero-order valence-corrected chi connectivity index (χ0v) is 11.3. The molecule has 3 aromatic rings. The van der Waals surface area contributed by atoms with Gasteiger partial charge < -0.3 is 5.73 Å². The second-order valence-electron chi connectivity index (χ2n) is 4.93. The van der Waals surface area contributed by atoms with Gasteiger partial charge in [-0.3, -0.25) is 4.57 Å². The molecule has 0 bridgehead atoms. The minimum Gasteiger partial charge on any atom is -0.369 e. The number of fused-ring (bicyclic) bond motifs is 1. The molecule has 0 unspecified atom stereocenters. The number of pyridine rings is 1. The second-order valence-corrected chi connectivity index (χ2v) is 4.93. The Morgan fingerprint density at radius 1 is 1.05 bits per heavy atom. The second kappa shape index (κ2) is 4.09. The lowest BCUT2D eigenvalue weighted by molar-refractivity contribution is 1.07. The number of aromatic nitrogens is 3. The van der Waals surface area contributed by atoms with E-state index in [4.69, 9.17) is 5.73 Å². The Morgan fingerprint density at radius 3 is 2.58 bits per heavy atom. The molecule has 0 aliphatic rings. The van der Waals surface area contributed by atoms with Crippen molar-refractivity contribution in [2.24, 2.45) is 0 Å². The molecule has 0 spiro atoms. The van der Waals surface area contributed by atoms with Crippen LogP contribution in [-0.4, -0.2) is 14.5 Å². The van der Waals surface area contributed by atoms with Crippen LogP contribution in [0.5, 0.6) is 0 Å². The van der Waals surface area contributed by atoms with Crippen molar-refractivity contribution in [2.75, 3.05) is 5.73 Å². The third-order valence-corrected chi connectivity index (χ3v) is 3.41. The Kier molecular flexibility index (Phi) is 2.52. The maximum atomic E-state index is 6.04. The van der Waals surface area contributed by atoms with E-state index in [2.05, 4.69) is 35.9 Å². The highest BCUT2D eigenvalue weighted by Gasteiger charge is 2.11. The molecule has 19 heavy (non-hydrogen) atoms. The molecule has 2 heterocycles. The van der Waals surface area contributed by atoms with Gasteiger partial charge in [-0.1, -0.05) is 6.07 Å². The normalized spacial score (nSPS) is 11.1. The summed E-state index contributed by atoms with van der Waals surface area (Å²) in [6, 6.07) is 8.23. The average molecular weight is 252 g/mol. The average Bonchev–Trinajstić information content (AvgIpc) is 2.68. The zero-order chi connectivity index (χ0) is 13.6. The molecule has 0 saturated carbocycles. The molecule has 0 aliphatic heterocycles. The maximum absolute atomic E-state index is 6.04. The van der Waals surface area contributed by atoms with Crippen LogP contribution in [0.2, 0.25) is 0 Å². The summed E-state index contributed by atoms with van der Waals surface area (Å²) in [4.78, 5) is 8.83. The van der Waals surface area contributed by atoms with Crippen molar-refractivity contribution in [3.63, 3.8) is 0 Å². The van der Waals surface area contributed by atoms with Crippen molar-refractivity contribution in [1.29, 1.82) is 0 Å². The van der Waals surface area contributed by atoms with Gasteiger partial charge in [-0.15, -0.1) is 0 Å². The van der Waals surface area contributed by atoms with E-state index >= 15 is 0 Å². The summed E-state index contributed by atoms with van der Waals surface area (Å²) in [6.45, 7) is 6.18. The van der Waals surface area contributed by atoms with Gasteiger partial charge >= 0.3 is 0 Å². The number of benzene rings is 1. The largest absolute Gasteiger partial charge is 0.369 e. The van der Waals surface area contributed by atoms with Gasteiger partial charge in [0.2, 0.25) is 5.95 Å². The first-order valence-electron chi connectivity index (χ1n) is 6.24. The molecule has 1 aromatic carbocycles. The van der Waals surface area contributed by atoms with Crippen LogP contribution in [0.3, 0.4) is 0 Å². The summed E-state index contributed by atoms with van der Waals surface area (Å²) in [7, 11) is 0. The lowest BCUT2D eigenvalue weighted by atomic mass is 10.1. The van der Waals surface area contributed by atoms with Crippen LogP contribution in [0.25, 0.3) is 16.9 Å². The monoisotopic (exact) mass is 252 g/mol. The Bertz CT molecular complexity index is 771. The van der Waals surface area contributed by atoms with Gasteiger partial charge in [0, 0.05) is 6.20 Å². The van der Waals surface area contributed by atoms with Crippen LogP contribution in [0.1, 0.15) is 16.7 Å². The summed E-state index contributed by atoms with van der Waals surface area (Å²) >= 11 is 0. The van der Waals surface area contributed by atoms with E-state index in [1.165, 1.54) is 11.1 Å². The van der Waals surface area contributed by atoms with Crippen molar-refractivity contribution in [2.45, 2.75) is 20.8 Å².